The van der Waals surface area contributed by atoms with E-state index in [0.29, 0.717) is 11.3 Å². The van der Waals surface area contributed by atoms with Gasteiger partial charge in [-0.15, -0.1) is 0 Å². The van der Waals surface area contributed by atoms with E-state index < -0.39 is 17.6 Å². The van der Waals surface area contributed by atoms with Gasteiger partial charge in [0.05, 0.1) is 19.1 Å². The number of hydrazine groups is 1. The summed E-state index contributed by atoms with van der Waals surface area (Å²) in [6, 6.07) is 9.62. The van der Waals surface area contributed by atoms with Gasteiger partial charge in [-0.25, -0.2) is 4.39 Å². The minimum absolute atomic E-state index is 0.00659. The molecule has 0 unspecified atom stereocenters. The van der Waals surface area contributed by atoms with Crippen molar-refractivity contribution < 1.29 is 23.8 Å². The first kappa shape index (κ1) is 16.3. The highest BCUT2D eigenvalue weighted by Gasteiger charge is 2.13. The van der Waals surface area contributed by atoms with Crippen LogP contribution in [-0.4, -0.2) is 24.0 Å². The highest BCUT2D eigenvalue weighted by atomic mass is 19.1. The van der Waals surface area contributed by atoms with Gasteiger partial charge in [0.25, 0.3) is 5.91 Å². The number of nitrogens with one attached hydrogen (secondary N) is 2. The predicted octanol–water partition coefficient (Wildman–Crippen LogP) is 1.54. The number of halogens is 1. The summed E-state index contributed by atoms with van der Waals surface area (Å²) in [6.07, 6.45) is -0.0187. The molecule has 0 atom stereocenters. The Bertz CT molecular complexity index is 717. The molecule has 0 saturated carbocycles. The molecule has 0 bridgehead atoms. The Morgan fingerprint density at radius 2 is 1.83 bits per heavy atom. The summed E-state index contributed by atoms with van der Waals surface area (Å²) in [5.41, 5.74) is 5.02. The summed E-state index contributed by atoms with van der Waals surface area (Å²) in [4.78, 5) is 23.6. The molecule has 0 fully saturated rings. The van der Waals surface area contributed by atoms with E-state index in [4.69, 9.17) is 4.74 Å². The van der Waals surface area contributed by atoms with Crippen LogP contribution in [0.5, 0.6) is 11.5 Å². The van der Waals surface area contributed by atoms with E-state index >= 15 is 0 Å². The number of methoxy groups -OCH3 is 1. The van der Waals surface area contributed by atoms with Crippen LogP contribution in [0.4, 0.5) is 4.39 Å². The number of amides is 2. The third-order valence-corrected chi connectivity index (χ3v) is 3.04. The number of hydrogen-bond donors (Lipinski definition) is 3. The van der Waals surface area contributed by atoms with Crippen molar-refractivity contribution in [2.45, 2.75) is 6.42 Å². The Hall–Kier alpha value is -3.09. The molecule has 7 heteroatoms. The van der Waals surface area contributed by atoms with Crippen LogP contribution in [-0.2, 0) is 11.2 Å². The van der Waals surface area contributed by atoms with Gasteiger partial charge in [0.1, 0.15) is 17.3 Å². The molecule has 23 heavy (non-hydrogen) atoms. The van der Waals surface area contributed by atoms with Crippen LogP contribution in [0, 0.1) is 5.82 Å². The van der Waals surface area contributed by atoms with Gasteiger partial charge in [-0.05, 0) is 29.8 Å². The normalized spacial score (nSPS) is 10.0. The maximum absolute atomic E-state index is 12.8. The van der Waals surface area contributed by atoms with Crippen molar-refractivity contribution in [1.82, 2.24) is 10.9 Å². The zero-order valence-corrected chi connectivity index (χ0v) is 12.3. The van der Waals surface area contributed by atoms with Crippen molar-refractivity contribution in [3.63, 3.8) is 0 Å². The Morgan fingerprint density at radius 3 is 2.43 bits per heavy atom. The number of aromatic hydroxyl groups is 1. The summed E-state index contributed by atoms with van der Waals surface area (Å²) >= 11 is 0. The van der Waals surface area contributed by atoms with Crippen LogP contribution in [0.3, 0.4) is 0 Å². The highest BCUT2D eigenvalue weighted by Crippen LogP contribution is 2.22. The zero-order valence-electron chi connectivity index (χ0n) is 12.3. The average Bonchev–Trinajstić information content (AvgIpc) is 2.54. The predicted molar refractivity (Wildman–Crippen MR) is 80.4 cm³/mol. The summed E-state index contributed by atoms with van der Waals surface area (Å²) in [5.74, 6) is -1.40. The molecule has 0 spiro atoms. The second-order valence-corrected chi connectivity index (χ2v) is 4.69. The summed E-state index contributed by atoms with van der Waals surface area (Å²) in [7, 11) is 1.43. The minimum Gasteiger partial charge on any atom is -0.507 e. The van der Waals surface area contributed by atoms with Crippen LogP contribution in [0.1, 0.15) is 15.9 Å². The molecule has 0 aliphatic heterocycles. The number of phenolic OH excluding ortho intramolecular Hbond substituents is 1. The van der Waals surface area contributed by atoms with Crippen LogP contribution in [0.15, 0.2) is 42.5 Å². The molecule has 0 aliphatic carbocycles. The third-order valence-electron chi connectivity index (χ3n) is 3.04. The maximum Gasteiger partial charge on any atom is 0.273 e. The second kappa shape index (κ2) is 7.26. The van der Waals surface area contributed by atoms with E-state index in [9.17, 15) is 19.1 Å². The number of ether oxygens (including phenoxy) is 1. The monoisotopic (exact) mass is 318 g/mol. The van der Waals surface area contributed by atoms with E-state index in [1.165, 1.54) is 49.6 Å². The first-order valence-electron chi connectivity index (χ1n) is 6.70. The number of hydrogen-bond acceptors (Lipinski definition) is 4. The fourth-order valence-corrected chi connectivity index (χ4v) is 1.86. The number of benzene rings is 2. The molecule has 120 valence electrons. The molecule has 0 aromatic heterocycles. The van der Waals surface area contributed by atoms with E-state index in [2.05, 4.69) is 10.9 Å². The minimum atomic E-state index is -0.669. The lowest BCUT2D eigenvalue weighted by molar-refractivity contribution is -0.121. The molecule has 2 aromatic rings. The Labute approximate surface area is 131 Å². The van der Waals surface area contributed by atoms with E-state index in [-0.39, 0.29) is 17.7 Å². The van der Waals surface area contributed by atoms with Crippen molar-refractivity contribution in [2.24, 2.45) is 0 Å². The van der Waals surface area contributed by atoms with E-state index in [0.717, 1.165) is 0 Å². The van der Waals surface area contributed by atoms with Gasteiger partial charge < -0.3 is 9.84 Å². The van der Waals surface area contributed by atoms with Gasteiger partial charge in [0, 0.05) is 6.07 Å². The van der Waals surface area contributed by atoms with Crippen molar-refractivity contribution in [2.75, 3.05) is 7.11 Å². The molecule has 2 aromatic carbocycles. The second-order valence-electron chi connectivity index (χ2n) is 4.69. The third kappa shape index (κ3) is 4.44. The van der Waals surface area contributed by atoms with Crippen LogP contribution >= 0.6 is 0 Å². The van der Waals surface area contributed by atoms with Gasteiger partial charge in [-0.2, -0.15) is 0 Å². The topological polar surface area (TPSA) is 87.7 Å². The molecule has 2 amide bonds. The number of carbonyl (C=O) groups excluding carboxylic acids is 2. The SMILES string of the molecule is COc1ccc(C(=O)NNC(=O)Cc2ccc(F)cc2)c(O)c1. The lowest BCUT2D eigenvalue weighted by Gasteiger charge is -2.09. The Balaban J connectivity index is 1.91. The molecule has 0 saturated heterocycles. The average molecular weight is 318 g/mol. The fourth-order valence-electron chi connectivity index (χ4n) is 1.86. The summed E-state index contributed by atoms with van der Waals surface area (Å²) < 4.78 is 17.7. The first-order valence-corrected chi connectivity index (χ1v) is 6.70. The first-order chi connectivity index (χ1) is 11.0. The molecule has 0 radical (unpaired) electrons. The Morgan fingerprint density at radius 1 is 1.13 bits per heavy atom. The molecular weight excluding hydrogens is 303 g/mol. The quantitative estimate of drug-likeness (QED) is 0.746. The van der Waals surface area contributed by atoms with E-state index in [1.54, 1.807) is 0 Å². The Kier molecular flexibility index (Phi) is 5.14. The van der Waals surface area contributed by atoms with Gasteiger partial charge in [0.15, 0.2) is 0 Å². The zero-order chi connectivity index (χ0) is 16.8. The smallest absolute Gasteiger partial charge is 0.273 e. The van der Waals surface area contributed by atoms with Gasteiger partial charge >= 0.3 is 0 Å². The fraction of sp³-hybridized carbons (Fsp3) is 0.125. The van der Waals surface area contributed by atoms with Gasteiger partial charge in [0.2, 0.25) is 5.91 Å². The molecular formula is C16H15FN2O4. The molecule has 0 aliphatic rings. The van der Waals surface area contributed by atoms with Crippen molar-refractivity contribution >= 4 is 11.8 Å². The summed E-state index contributed by atoms with van der Waals surface area (Å²) in [6.45, 7) is 0. The standard InChI is InChI=1S/C16H15FN2O4/c1-23-12-6-7-13(14(20)9-12)16(22)19-18-15(21)8-10-2-4-11(17)5-3-10/h2-7,9,20H,8H2,1H3,(H,18,21)(H,19,22). The molecule has 3 N–H and O–H groups in total. The molecule has 2 rings (SSSR count). The largest absolute Gasteiger partial charge is 0.507 e. The van der Waals surface area contributed by atoms with Crippen LogP contribution in [0.2, 0.25) is 0 Å². The van der Waals surface area contributed by atoms with E-state index in [1.807, 2.05) is 0 Å². The highest BCUT2D eigenvalue weighted by molar-refractivity contribution is 5.98. The molecule has 0 heterocycles. The van der Waals surface area contributed by atoms with Crippen molar-refractivity contribution in [3.8, 4) is 11.5 Å². The molecule has 6 nitrogen and oxygen atoms in total. The van der Waals surface area contributed by atoms with Gasteiger partial charge in [-0.1, -0.05) is 12.1 Å². The number of carbonyl (C=O) groups is 2. The lowest BCUT2D eigenvalue weighted by Crippen LogP contribution is -2.42. The summed E-state index contributed by atoms with van der Waals surface area (Å²) in [5, 5.41) is 9.73. The van der Waals surface area contributed by atoms with Crippen molar-refractivity contribution in [3.05, 3.63) is 59.4 Å². The van der Waals surface area contributed by atoms with Crippen LogP contribution in [0.25, 0.3) is 0 Å². The van der Waals surface area contributed by atoms with Crippen molar-refractivity contribution in [1.29, 1.82) is 0 Å². The maximum atomic E-state index is 12.8. The number of phenols is 1. The van der Waals surface area contributed by atoms with Gasteiger partial charge in [-0.3, -0.25) is 20.4 Å². The lowest BCUT2D eigenvalue weighted by atomic mass is 10.1. The van der Waals surface area contributed by atoms with Crippen LogP contribution < -0.4 is 15.6 Å². The number of rotatable bonds is 4.